The molecule has 1 aliphatic heterocycles. The monoisotopic (exact) mass is 695 g/mol. The molecule has 2 aliphatic rings. The molecule has 2 fully saturated rings. The second-order valence-corrected chi connectivity index (χ2v) is 13.3. The molecule has 1 saturated carbocycles. The Hall–Kier alpha value is -4.04. The van der Waals surface area contributed by atoms with E-state index < -0.39 is 41.7 Å². The Kier molecular flexibility index (Phi) is 9.73. The maximum atomic E-state index is 14.4. The molecule has 0 unspecified atom stereocenters. The van der Waals surface area contributed by atoms with Crippen LogP contribution in [-0.2, 0) is 32.5 Å². The summed E-state index contributed by atoms with van der Waals surface area (Å²) in [4.78, 5) is 9.56. The number of benzene rings is 2. The number of pyridine rings is 1. The molecule has 0 bridgehead atoms. The van der Waals surface area contributed by atoms with E-state index in [4.69, 9.17) is 4.98 Å². The quantitative estimate of drug-likeness (QED) is 0.163. The Labute approximate surface area is 278 Å². The zero-order chi connectivity index (χ0) is 35.1. The number of nitrogens with zero attached hydrogens (tertiary/aromatic N) is 7. The number of rotatable bonds is 9. The van der Waals surface area contributed by atoms with Crippen LogP contribution in [0.15, 0.2) is 36.4 Å². The maximum absolute atomic E-state index is 14.4. The van der Waals surface area contributed by atoms with Gasteiger partial charge in [-0.2, -0.15) is 31.1 Å². The summed E-state index contributed by atoms with van der Waals surface area (Å²) >= 11 is 0. The molecule has 264 valence electrons. The van der Waals surface area contributed by atoms with Crippen molar-refractivity contribution in [3.05, 3.63) is 70.3 Å². The van der Waals surface area contributed by atoms with Crippen LogP contribution in [-0.4, -0.2) is 37.8 Å². The van der Waals surface area contributed by atoms with Crippen molar-refractivity contribution in [1.82, 2.24) is 25.2 Å². The van der Waals surface area contributed by atoms with Gasteiger partial charge in [0.15, 0.2) is 11.6 Å². The lowest BCUT2D eigenvalue weighted by atomic mass is 9.76. The van der Waals surface area contributed by atoms with Gasteiger partial charge in [-0.25, -0.2) is 13.8 Å². The van der Waals surface area contributed by atoms with E-state index in [0.29, 0.717) is 47.3 Å². The molecule has 7 nitrogen and oxygen atoms in total. The third kappa shape index (κ3) is 7.75. The molecule has 6 rings (SSSR count). The topological polar surface area (TPSA) is 63.0 Å². The third-order valence-electron chi connectivity index (χ3n) is 9.78. The van der Waals surface area contributed by atoms with E-state index in [2.05, 4.69) is 27.2 Å². The van der Waals surface area contributed by atoms with Gasteiger partial charge in [-0.1, -0.05) is 37.7 Å². The number of fused-ring (bicyclic) bond motifs is 1. The fourth-order valence-electron chi connectivity index (χ4n) is 7.52. The van der Waals surface area contributed by atoms with E-state index >= 15 is 0 Å². The van der Waals surface area contributed by atoms with E-state index in [1.807, 2.05) is 0 Å². The van der Waals surface area contributed by atoms with Crippen molar-refractivity contribution in [3.63, 3.8) is 0 Å². The van der Waals surface area contributed by atoms with E-state index in [0.717, 1.165) is 61.9 Å². The highest BCUT2D eigenvalue weighted by Gasteiger charge is 2.38. The van der Waals surface area contributed by atoms with Crippen LogP contribution in [0.2, 0.25) is 0 Å². The lowest BCUT2D eigenvalue weighted by Gasteiger charge is -2.38. The summed E-state index contributed by atoms with van der Waals surface area (Å²) < 4.78 is 111. The Bertz CT molecular complexity index is 1750. The number of tetrazole rings is 1. The molecule has 15 heteroatoms. The summed E-state index contributed by atoms with van der Waals surface area (Å²) in [6.45, 7) is 2.28. The molecule has 2 aromatic carbocycles. The second kappa shape index (κ2) is 13.7. The number of aromatic nitrogens is 5. The summed E-state index contributed by atoms with van der Waals surface area (Å²) in [5.41, 5.74) is -2.42. The largest absolute Gasteiger partial charge is 0.416 e. The number of aryl methyl sites for hydroxylation is 1. The minimum Gasteiger partial charge on any atom is -0.353 e. The van der Waals surface area contributed by atoms with Crippen molar-refractivity contribution in [2.24, 2.45) is 18.9 Å². The first-order valence-electron chi connectivity index (χ1n) is 16.5. The van der Waals surface area contributed by atoms with Crippen LogP contribution in [0, 0.1) is 23.5 Å². The van der Waals surface area contributed by atoms with Gasteiger partial charge in [-0.05, 0) is 78.6 Å². The number of alkyl halides is 6. The lowest BCUT2D eigenvalue weighted by molar-refractivity contribution is -0.143. The Morgan fingerprint density at radius 2 is 1.51 bits per heavy atom. The average Bonchev–Trinajstić information content (AvgIpc) is 3.70. The van der Waals surface area contributed by atoms with E-state index in [1.165, 1.54) is 18.4 Å². The summed E-state index contributed by atoms with van der Waals surface area (Å²) in [5, 5.41) is 12.3. The zero-order valence-electron chi connectivity index (χ0n) is 27.1. The summed E-state index contributed by atoms with van der Waals surface area (Å²) in [6, 6.07) is 5.25. The van der Waals surface area contributed by atoms with Crippen LogP contribution in [0.25, 0.3) is 10.9 Å². The van der Waals surface area contributed by atoms with Gasteiger partial charge in [0, 0.05) is 42.7 Å². The van der Waals surface area contributed by atoms with E-state index in [9.17, 15) is 35.1 Å². The van der Waals surface area contributed by atoms with Gasteiger partial charge < -0.3 is 9.80 Å². The predicted octanol–water partition coefficient (Wildman–Crippen LogP) is 8.86. The molecular weight excluding hydrogens is 658 g/mol. The predicted molar refractivity (Wildman–Crippen MR) is 168 cm³/mol. The molecule has 3 heterocycles. The molecule has 0 N–H and O–H groups in total. The van der Waals surface area contributed by atoms with Crippen molar-refractivity contribution in [1.29, 1.82) is 0 Å². The Morgan fingerprint density at radius 3 is 2.12 bits per heavy atom. The first kappa shape index (κ1) is 34.8. The van der Waals surface area contributed by atoms with E-state index in [-0.39, 0.29) is 35.7 Å². The van der Waals surface area contributed by atoms with E-state index in [1.54, 1.807) is 6.07 Å². The SMILES string of the molecule is CCCC1CCC([C@H]2CCCN2c2nc3cc(F)c(F)cc3cc2CN(Cc2cc(C(F)(F)F)cc(C(F)(F)F)c2)c2nnn(C)n2)CC1. The van der Waals surface area contributed by atoms with Crippen LogP contribution < -0.4 is 9.80 Å². The zero-order valence-corrected chi connectivity index (χ0v) is 27.1. The molecule has 1 atom stereocenters. The summed E-state index contributed by atoms with van der Waals surface area (Å²) in [7, 11) is 1.48. The fourth-order valence-corrected chi connectivity index (χ4v) is 7.52. The van der Waals surface area contributed by atoms with Crippen LogP contribution in [0.3, 0.4) is 0 Å². The summed E-state index contributed by atoms with van der Waals surface area (Å²) in [6.07, 6.45) is -1.53. The van der Waals surface area contributed by atoms with Crippen molar-refractivity contribution in [3.8, 4) is 0 Å². The highest BCUT2D eigenvalue weighted by Crippen LogP contribution is 2.42. The number of halogens is 8. The molecular formula is C34H37F8N7. The fraction of sp³-hybridized carbons (Fsp3) is 0.529. The van der Waals surface area contributed by atoms with Gasteiger partial charge in [0.1, 0.15) is 5.82 Å². The smallest absolute Gasteiger partial charge is 0.353 e. The van der Waals surface area contributed by atoms with Gasteiger partial charge in [-0.15, -0.1) is 5.10 Å². The van der Waals surface area contributed by atoms with Gasteiger partial charge in [0.05, 0.1) is 23.7 Å². The third-order valence-corrected chi connectivity index (χ3v) is 9.78. The minimum absolute atomic E-state index is 0.0444. The number of anilines is 2. The molecule has 0 radical (unpaired) electrons. The Balaban J connectivity index is 1.41. The molecule has 49 heavy (non-hydrogen) atoms. The van der Waals surface area contributed by atoms with Gasteiger partial charge in [0.25, 0.3) is 5.95 Å². The maximum Gasteiger partial charge on any atom is 0.416 e. The molecule has 1 saturated heterocycles. The van der Waals surface area contributed by atoms with Crippen LogP contribution in [0.4, 0.5) is 46.9 Å². The van der Waals surface area contributed by atoms with Crippen LogP contribution in [0.5, 0.6) is 0 Å². The van der Waals surface area contributed by atoms with Gasteiger partial charge in [-0.3, -0.25) is 0 Å². The van der Waals surface area contributed by atoms with Crippen molar-refractivity contribution < 1.29 is 35.1 Å². The highest BCUT2D eigenvalue weighted by atomic mass is 19.4. The molecule has 0 amide bonds. The average molecular weight is 696 g/mol. The number of hydrogen-bond donors (Lipinski definition) is 0. The first-order chi connectivity index (χ1) is 23.2. The minimum atomic E-state index is -5.03. The highest BCUT2D eigenvalue weighted by molar-refractivity contribution is 5.82. The van der Waals surface area contributed by atoms with Crippen molar-refractivity contribution >= 4 is 22.7 Å². The molecule has 1 aliphatic carbocycles. The van der Waals surface area contributed by atoms with Crippen LogP contribution >= 0.6 is 0 Å². The van der Waals surface area contributed by atoms with Crippen LogP contribution in [0.1, 0.15) is 80.5 Å². The lowest BCUT2D eigenvalue weighted by Crippen LogP contribution is -2.39. The molecule has 2 aromatic heterocycles. The standard InChI is InChI=1S/C34H37F8N7/c1-3-5-20-7-9-22(10-8-20)30-6-4-11-49(30)31-24(14-23-15-27(35)28(36)17-29(23)43-31)19-48(32-44-46-47(2)45-32)18-21-12-25(33(37,38)39)16-26(13-21)34(40,41)42/h12-17,20,22,30H,3-11,18-19H2,1-2H3/t20?,22?,30-/m1/s1. The second-order valence-electron chi connectivity index (χ2n) is 13.3. The molecule has 4 aromatic rings. The normalized spacial score (nSPS) is 20.4. The van der Waals surface area contributed by atoms with Gasteiger partial charge in [0.2, 0.25) is 0 Å². The van der Waals surface area contributed by atoms with Crippen molar-refractivity contribution in [2.45, 2.75) is 89.8 Å². The van der Waals surface area contributed by atoms with Crippen molar-refractivity contribution in [2.75, 3.05) is 16.3 Å². The van der Waals surface area contributed by atoms with Gasteiger partial charge >= 0.3 is 12.4 Å². The Morgan fingerprint density at radius 1 is 0.837 bits per heavy atom. The first-order valence-corrected chi connectivity index (χ1v) is 16.5. The molecule has 0 spiro atoms. The summed E-state index contributed by atoms with van der Waals surface area (Å²) in [5.74, 6) is -0.574. The number of hydrogen-bond acceptors (Lipinski definition) is 6.